The normalized spacial score (nSPS) is 23.6. The zero-order valence-electron chi connectivity index (χ0n) is 12.1. The van der Waals surface area contributed by atoms with E-state index in [0.29, 0.717) is 5.92 Å². The van der Waals surface area contributed by atoms with E-state index in [1.807, 2.05) is 0 Å². The first-order chi connectivity index (χ1) is 9.56. The molecule has 3 rings (SSSR count). The first-order valence-corrected chi connectivity index (χ1v) is 7.49. The molecule has 1 saturated carbocycles. The number of rotatable bonds is 2. The van der Waals surface area contributed by atoms with Crippen LogP contribution in [0.4, 0.5) is 4.39 Å². The predicted octanol–water partition coefficient (Wildman–Crippen LogP) is 3.74. The Bertz CT molecular complexity index is 617. The second kappa shape index (κ2) is 5.17. The van der Waals surface area contributed by atoms with E-state index in [9.17, 15) is 4.39 Å². The SMILES string of the molecule is CC(C)n1c(C2CCCC(N)C2)nc2ccc(F)cc21. The van der Waals surface area contributed by atoms with Crippen molar-refractivity contribution in [3.63, 3.8) is 0 Å². The molecule has 1 aromatic carbocycles. The van der Waals surface area contributed by atoms with Crippen molar-refractivity contribution in [2.24, 2.45) is 5.73 Å². The van der Waals surface area contributed by atoms with E-state index < -0.39 is 0 Å². The van der Waals surface area contributed by atoms with E-state index in [1.54, 1.807) is 12.1 Å². The van der Waals surface area contributed by atoms with Gasteiger partial charge in [0.25, 0.3) is 0 Å². The van der Waals surface area contributed by atoms with Gasteiger partial charge in [0.05, 0.1) is 11.0 Å². The van der Waals surface area contributed by atoms with Crippen LogP contribution in [0.2, 0.25) is 0 Å². The fourth-order valence-corrected chi connectivity index (χ4v) is 3.38. The fourth-order valence-electron chi connectivity index (χ4n) is 3.38. The van der Waals surface area contributed by atoms with Gasteiger partial charge in [-0.05, 0) is 51.3 Å². The molecule has 1 fully saturated rings. The molecule has 0 radical (unpaired) electrons. The van der Waals surface area contributed by atoms with E-state index in [0.717, 1.165) is 42.5 Å². The molecular formula is C16H22FN3. The summed E-state index contributed by atoms with van der Waals surface area (Å²) < 4.78 is 15.7. The van der Waals surface area contributed by atoms with Crippen molar-refractivity contribution in [2.45, 2.75) is 57.5 Å². The minimum absolute atomic E-state index is 0.203. The Morgan fingerprint density at radius 1 is 1.35 bits per heavy atom. The van der Waals surface area contributed by atoms with Crippen LogP contribution in [0, 0.1) is 5.82 Å². The average molecular weight is 275 g/mol. The van der Waals surface area contributed by atoms with Gasteiger partial charge in [-0.15, -0.1) is 0 Å². The lowest BCUT2D eigenvalue weighted by Gasteiger charge is -2.27. The summed E-state index contributed by atoms with van der Waals surface area (Å²) >= 11 is 0. The minimum Gasteiger partial charge on any atom is -0.328 e. The number of aromatic nitrogens is 2. The summed E-state index contributed by atoms with van der Waals surface area (Å²) in [5, 5.41) is 0. The molecule has 0 aliphatic heterocycles. The third-order valence-electron chi connectivity index (χ3n) is 4.28. The number of halogens is 1. The van der Waals surface area contributed by atoms with E-state index in [1.165, 1.54) is 6.07 Å². The Kier molecular flexibility index (Phi) is 3.50. The third kappa shape index (κ3) is 2.33. The molecule has 3 nitrogen and oxygen atoms in total. The number of fused-ring (bicyclic) bond motifs is 1. The molecule has 1 heterocycles. The Labute approximate surface area is 119 Å². The fraction of sp³-hybridized carbons (Fsp3) is 0.562. The number of imidazole rings is 1. The lowest BCUT2D eigenvalue weighted by molar-refractivity contribution is 0.369. The predicted molar refractivity (Wildman–Crippen MR) is 79.3 cm³/mol. The zero-order valence-corrected chi connectivity index (χ0v) is 12.1. The summed E-state index contributed by atoms with van der Waals surface area (Å²) in [4.78, 5) is 4.77. The molecule has 20 heavy (non-hydrogen) atoms. The zero-order chi connectivity index (χ0) is 14.3. The van der Waals surface area contributed by atoms with Crippen LogP contribution in [0.1, 0.15) is 57.3 Å². The van der Waals surface area contributed by atoms with Gasteiger partial charge in [0.2, 0.25) is 0 Å². The standard InChI is InChI=1S/C16H22FN3/c1-10(2)20-15-9-12(17)6-7-14(15)19-16(20)11-4-3-5-13(18)8-11/h6-7,9-11,13H,3-5,8,18H2,1-2H3. The summed E-state index contributed by atoms with van der Waals surface area (Å²) in [6.45, 7) is 4.25. The van der Waals surface area contributed by atoms with Gasteiger partial charge in [0.15, 0.2) is 0 Å². The Morgan fingerprint density at radius 3 is 2.85 bits per heavy atom. The second-order valence-corrected chi connectivity index (χ2v) is 6.19. The van der Waals surface area contributed by atoms with Crippen LogP contribution in [0.3, 0.4) is 0 Å². The smallest absolute Gasteiger partial charge is 0.125 e. The molecule has 2 N–H and O–H groups in total. The molecule has 1 aliphatic rings. The lowest BCUT2D eigenvalue weighted by atomic mass is 9.85. The van der Waals surface area contributed by atoms with Crippen LogP contribution in [-0.2, 0) is 0 Å². The number of nitrogens with zero attached hydrogens (tertiary/aromatic N) is 2. The second-order valence-electron chi connectivity index (χ2n) is 6.19. The van der Waals surface area contributed by atoms with Gasteiger partial charge in [-0.3, -0.25) is 0 Å². The van der Waals surface area contributed by atoms with Gasteiger partial charge >= 0.3 is 0 Å². The third-order valence-corrected chi connectivity index (χ3v) is 4.28. The Balaban J connectivity index is 2.11. The molecular weight excluding hydrogens is 253 g/mol. The monoisotopic (exact) mass is 275 g/mol. The first-order valence-electron chi connectivity index (χ1n) is 7.49. The topological polar surface area (TPSA) is 43.8 Å². The molecule has 2 unspecified atom stereocenters. The molecule has 0 saturated heterocycles. The minimum atomic E-state index is -0.203. The Hall–Kier alpha value is -1.42. The van der Waals surface area contributed by atoms with Crippen LogP contribution in [0.15, 0.2) is 18.2 Å². The lowest BCUT2D eigenvalue weighted by Crippen LogP contribution is -2.28. The molecule has 2 atom stereocenters. The van der Waals surface area contributed by atoms with Gasteiger partial charge in [-0.25, -0.2) is 9.37 Å². The number of hydrogen-bond acceptors (Lipinski definition) is 2. The highest BCUT2D eigenvalue weighted by atomic mass is 19.1. The van der Waals surface area contributed by atoms with Gasteiger partial charge in [0.1, 0.15) is 11.6 Å². The molecule has 0 bridgehead atoms. The van der Waals surface area contributed by atoms with E-state index >= 15 is 0 Å². The van der Waals surface area contributed by atoms with Crippen LogP contribution in [0.5, 0.6) is 0 Å². The van der Waals surface area contributed by atoms with Crippen molar-refractivity contribution in [1.29, 1.82) is 0 Å². The summed E-state index contributed by atoms with van der Waals surface area (Å²) in [6, 6.07) is 5.39. The Morgan fingerprint density at radius 2 is 2.15 bits per heavy atom. The van der Waals surface area contributed by atoms with E-state index in [-0.39, 0.29) is 17.9 Å². The molecule has 108 valence electrons. The molecule has 0 amide bonds. The maximum absolute atomic E-state index is 13.5. The van der Waals surface area contributed by atoms with Crippen molar-refractivity contribution < 1.29 is 4.39 Å². The highest BCUT2D eigenvalue weighted by Crippen LogP contribution is 2.35. The van der Waals surface area contributed by atoms with Crippen molar-refractivity contribution >= 4 is 11.0 Å². The summed E-state index contributed by atoms with van der Waals surface area (Å²) in [5.41, 5.74) is 7.89. The maximum Gasteiger partial charge on any atom is 0.125 e. The van der Waals surface area contributed by atoms with Gasteiger partial charge in [-0.2, -0.15) is 0 Å². The molecule has 1 aliphatic carbocycles. The molecule has 4 heteroatoms. The summed E-state index contributed by atoms with van der Waals surface area (Å²) in [7, 11) is 0. The van der Waals surface area contributed by atoms with Crippen molar-refractivity contribution in [2.75, 3.05) is 0 Å². The maximum atomic E-state index is 13.5. The molecule has 0 spiro atoms. The summed E-state index contributed by atoms with van der Waals surface area (Å²) in [5.74, 6) is 1.28. The quantitative estimate of drug-likeness (QED) is 0.907. The first kappa shape index (κ1) is 13.6. The van der Waals surface area contributed by atoms with E-state index in [4.69, 9.17) is 10.7 Å². The van der Waals surface area contributed by atoms with Gasteiger partial charge in [-0.1, -0.05) is 6.42 Å². The average Bonchev–Trinajstić information content (AvgIpc) is 2.77. The largest absolute Gasteiger partial charge is 0.328 e. The summed E-state index contributed by atoms with van der Waals surface area (Å²) in [6.07, 6.45) is 4.37. The van der Waals surface area contributed by atoms with Crippen LogP contribution >= 0.6 is 0 Å². The molecule has 2 aromatic rings. The van der Waals surface area contributed by atoms with Crippen LogP contribution in [-0.4, -0.2) is 15.6 Å². The van der Waals surface area contributed by atoms with Crippen LogP contribution in [0.25, 0.3) is 11.0 Å². The van der Waals surface area contributed by atoms with Crippen LogP contribution < -0.4 is 5.73 Å². The van der Waals surface area contributed by atoms with Crippen molar-refractivity contribution in [3.8, 4) is 0 Å². The van der Waals surface area contributed by atoms with E-state index in [2.05, 4.69) is 18.4 Å². The highest BCUT2D eigenvalue weighted by Gasteiger charge is 2.26. The van der Waals surface area contributed by atoms with Gasteiger partial charge < -0.3 is 10.3 Å². The highest BCUT2D eigenvalue weighted by molar-refractivity contribution is 5.76. The number of benzene rings is 1. The number of hydrogen-bond donors (Lipinski definition) is 1. The van der Waals surface area contributed by atoms with Gasteiger partial charge in [0, 0.05) is 18.0 Å². The molecule has 1 aromatic heterocycles. The van der Waals surface area contributed by atoms with Crippen molar-refractivity contribution in [1.82, 2.24) is 9.55 Å². The number of nitrogens with two attached hydrogens (primary N) is 1. The van der Waals surface area contributed by atoms with Crippen molar-refractivity contribution in [3.05, 3.63) is 29.8 Å².